The second-order valence-corrected chi connectivity index (χ2v) is 1.83. The maximum atomic E-state index is 10.7. The highest BCUT2D eigenvalue weighted by atomic mass is 16.1. The summed E-state index contributed by atoms with van der Waals surface area (Å²) in [6.45, 7) is 1.78. The van der Waals surface area contributed by atoms with Crippen molar-refractivity contribution in [3.63, 3.8) is 0 Å². The van der Waals surface area contributed by atoms with E-state index in [0.29, 0.717) is 12.8 Å². The topological polar surface area (TPSA) is 43.1 Å². The summed E-state index contributed by atoms with van der Waals surface area (Å²) in [6, 6.07) is -0.444. The number of carbonyl (C=O) groups excluding carboxylic acids is 1. The standard InChI is InChI=1S/C7H11NO/c1-3-5-6(8)7(9)4-2/h1,6H,4-5,8H2,2H3. The number of Topliss-reactive ketones (excluding diaryl/α,β-unsaturated/α-hetero) is 1. The van der Waals surface area contributed by atoms with Gasteiger partial charge in [0.25, 0.3) is 0 Å². The highest BCUT2D eigenvalue weighted by molar-refractivity contribution is 5.83. The molecule has 0 aliphatic rings. The van der Waals surface area contributed by atoms with Crippen molar-refractivity contribution in [2.45, 2.75) is 25.8 Å². The molecule has 0 saturated carbocycles. The van der Waals surface area contributed by atoms with Gasteiger partial charge in [0.2, 0.25) is 0 Å². The van der Waals surface area contributed by atoms with Gasteiger partial charge in [-0.2, -0.15) is 0 Å². The van der Waals surface area contributed by atoms with Crippen LogP contribution < -0.4 is 5.73 Å². The van der Waals surface area contributed by atoms with Crippen LogP contribution in [0.1, 0.15) is 19.8 Å². The third-order valence-corrected chi connectivity index (χ3v) is 1.10. The molecule has 0 bridgehead atoms. The number of nitrogens with two attached hydrogens (primary N) is 1. The van der Waals surface area contributed by atoms with Gasteiger partial charge in [-0.3, -0.25) is 4.79 Å². The minimum absolute atomic E-state index is 0.0351. The molecule has 1 atom stereocenters. The van der Waals surface area contributed by atoms with Crippen molar-refractivity contribution >= 4 is 5.78 Å². The Hall–Kier alpha value is -0.810. The molecule has 2 N–H and O–H groups in total. The quantitative estimate of drug-likeness (QED) is 0.552. The molecule has 0 spiro atoms. The van der Waals surface area contributed by atoms with Gasteiger partial charge in [-0.05, 0) is 0 Å². The fourth-order valence-corrected chi connectivity index (χ4v) is 0.503. The third-order valence-electron chi connectivity index (χ3n) is 1.10. The lowest BCUT2D eigenvalue weighted by Gasteiger charge is -2.02. The van der Waals surface area contributed by atoms with Crippen LogP contribution in [0.15, 0.2) is 0 Å². The largest absolute Gasteiger partial charge is 0.321 e. The summed E-state index contributed by atoms with van der Waals surface area (Å²) in [7, 11) is 0. The maximum Gasteiger partial charge on any atom is 0.150 e. The molecule has 9 heavy (non-hydrogen) atoms. The Morgan fingerprint density at radius 1 is 1.89 bits per heavy atom. The van der Waals surface area contributed by atoms with E-state index in [1.54, 1.807) is 6.92 Å². The second kappa shape index (κ2) is 4.11. The fourth-order valence-electron chi connectivity index (χ4n) is 0.503. The van der Waals surface area contributed by atoms with Gasteiger partial charge in [-0.15, -0.1) is 12.3 Å². The lowest BCUT2D eigenvalue weighted by molar-refractivity contribution is -0.119. The smallest absolute Gasteiger partial charge is 0.150 e. The maximum absolute atomic E-state index is 10.7. The van der Waals surface area contributed by atoms with Crippen LogP contribution in [0, 0.1) is 12.3 Å². The number of ketones is 1. The molecule has 0 amide bonds. The van der Waals surface area contributed by atoms with Gasteiger partial charge in [-0.1, -0.05) is 6.92 Å². The van der Waals surface area contributed by atoms with Gasteiger partial charge in [-0.25, -0.2) is 0 Å². The predicted molar refractivity (Wildman–Crippen MR) is 36.7 cm³/mol. The zero-order valence-corrected chi connectivity index (χ0v) is 5.55. The normalized spacial score (nSPS) is 12.1. The first kappa shape index (κ1) is 8.19. The highest BCUT2D eigenvalue weighted by Crippen LogP contribution is 1.91. The van der Waals surface area contributed by atoms with Crippen molar-refractivity contribution in [3.05, 3.63) is 0 Å². The van der Waals surface area contributed by atoms with Crippen LogP contribution in [0.5, 0.6) is 0 Å². The Bertz CT molecular complexity index is 134. The summed E-state index contributed by atoms with van der Waals surface area (Å²) in [5, 5.41) is 0. The summed E-state index contributed by atoms with van der Waals surface area (Å²) in [4.78, 5) is 10.7. The van der Waals surface area contributed by atoms with E-state index in [9.17, 15) is 4.79 Å². The molecule has 0 aliphatic carbocycles. The number of hydrogen-bond acceptors (Lipinski definition) is 2. The molecule has 0 radical (unpaired) electrons. The number of rotatable bonds is 3. The van der Waals surface area contributed by atoms with E-state index in [1.165, 1.54) is 0 Å². The zero-order chi connectivity index (χ0) is 7.28. The van der Waals surface area contributed by atoms with Crippen LogP contribution in [0.4, 0.5) is 0 Å². The molecule has 2 nitrogen and oxygen atoms in total. The third kappa shape index (κ3) is 2.89. The van der Waals surface area contributed by atoms with Crippen LogP contribution in [0.25, 0.3) is 0 Å². The first-order chi connectivity index (χ1) is 4.22. The molecule has 1 unspecified atom stereocenters. The van der Waals surface area contributed by atoms with E-state index in [0.717, 1.165) is 0 Å². The van der Waals surface area contributed by atoms with Gasteiger partial charge in [0.15, 0.2) is 0 Å². The average Bonchev–Trinajstić information content (AvgIpc) is 1.87. The molecule has 0 rings (SSSR count). The molecule has 0 heterocycles. The summed E-state index contributed by atoms with van der Waals surface area (Å²) in [5.74, 6) is 2.37. The van der Waals surface area contributed by atoms with Gasteiger partial charge < -0.3 is 5.73 Å². The SMILES string of the molecule is C#CCC(N)C(=O)CC. The van der Waals surface area contributed by atoms with Crippen LogP contribution in [0.3, 0.4) is 0 Å². The van der Waals surface area contributed by atoms with Gasteiger partial charge in [0.1, 0.15) is 5.78 Å². The first-order valence-corrected chi connectivity index (χ1v) is 2.94. The Balaban J connectivity index is 3.62. The second-order valence-electron chi connectivity index (χ2n) is 1.83. The van der Waals surface area contributed by atoms with Crippen molar-refractivity contribution in [1.29, 1.82) is 0 Å². The fraction of sp³-hybridized carbons (Fsp3) is 0.571. The molecule has 0 aromatic carbocycles. The van der Waals surface area contributed by atoms with E-state index in [1.807, 2.05) is 0 Å². The molecule has 0 aromatic heterocycles. The van der Waals surface area contributed by atoms with Crippen molar-refractivity contribution < 1.29 is 4.79 Å². The summed E-state index contributed by atoms with van der Waals surface area (Å²) < 4.78 is 0. The zero-order valence-electron chi connectivity index (χ0n) is 5.55. The molecule has 2 heteroatoms. The van der Waals surface area contributed by atoms with Crippen LogP contribution in [0.2, 0.25) is 0 Å². The predicted octanol–water partition coefficient (Wildman–Crippen LogP) is 0.316. The van der Waals surface area contributed by atoms with E-state index in [-0.39, 0.29) is 5.78 Å². The monoisotopic (exact) mass is 125 g/mol. The summed E-state index contributed by atoms with van der Waals surface area (Å²) >= 11 is 0. The molecule has 0 aliphatic heterocycles. The van der Waals surface area contributed by atoms with E-state index in [4.69, 9.17) is 12.2 Å². The molecule has 0 saturated heterocycles. The Labute approximate surface area is 55.4 Å². The summed E-state index contributed by atoms with van der Waals surface area (Å²) in [5.41, 5.74) is 5.35. The first-order valence-electron chi connectivity index (χ1n) is 2.94. The Morgan fingerprint density at radius 2 is 2.44 bits per heavy atom. The average molecular weight is 125 g/mol. The van der Waals surface area contributed by atoms with E-state index >= 15 is 0 Å². The molecule has 50 valence electrons. The number of terminal acetylenes is 1. The Kier molecular flexibility index (Phi) is 3.74. The van der Waals surface area contributed by atoms with Crippen LogP contribution in [-0.2, 0) is 4.79 Å². The van der Waals surface area contributed by atoms with Crippen molar-refractivity contribution in [3.8, 4) is 12.3 Å². The van der Waals surface area contributed by atoms with Crippen molar-refractivity contribution in [2.75, 3.05) is 0 Å². The van der Waals surface area contributed by atoms with Gasteiger partial charge in [0.05, 0.1) is 6.04 Å². The summed E-state index contributed by atoms with van der Waals surface area (Å²) in [6.07, 6.45) is 5.77. The van der Waals surface area contributed by atoms with E-state index < -0.39 is 6.04 Å². The number of hydrogen-bond donors (Lipinski definition) is 1. The molecule has 0 fully saturated rings. The molecular weight excluding hydrogens is 114 g/mol. The minimum atomic E-state index is -0.444. The highest BCUT2D eigenvalue weighted by Gasteiger charge is 2.07. The molecular formula is C7H11NO. The van der Waals surface area contributed by atoms with Crippen molar-refractivity contribution in [1.82, 2.24) is 0 Å². The minimum Gasteiger partial charge on any atom is -0.321 e. The van der Waals surface area contributed by atoms with E-state index in [2.05, 4.69) is 5.92 Å². The Morgan fingerprint density at radius 3 is 2.78 bits per heavy atom. The number of carbonyl (C=O) groups is 1. The molecule has 0 aromatic rings. The van der Waals surface area contributed by atoms with Gasteiger partial charge >= 0.3 is 0 Å². The lowest BCUT2D eigenvalue weighted by Crippen LogP contribution is -2.29. The lowest BCUT2D eigenvalue weighted by atomic mass is 10.1. The van der Waals surface area contributed by atoms with Gasteiger partial charge in [0, 0.05) is 12.8 Å². The van der Waals surface area contributed by atoms with Crippen LogP contribution >= 0.6 is 0 Å². The van der Waals surface area contributed by atoms with Crippen LogP contribution in [-0.4, -0.2) is 11.8 Å². The van der Waals surface area contributed by atoms with Crippen molar-refractivity contribution in [2.24, 2.45) is 5.73 Å².